The number of para-hydroxylation sites is 1. The number of hydrogen-bond acceptors (Lipinski definition) is 5. The Morgan fingerprint density at radius 2 is 1.84 bits per heavy atom. The third-order valence-corrected chi connectivity index (χ3v) is 3.74. The molecule has 0 bridgehead atoms. The third kappa shape index (κ3) is 2.51. The molecule has 5 heteroatoms. The maximum absolute atomic E-state index is 5.73. The average molecular weight is 257 g/mol. The lowest BCUT2D eigenvalue weighted by molar-refractivity contribution is 0.592. The maximum atomic E-state index is 5.73. The lowest BCUT2D eigenvalue weighted by atomic mass is 10.2. The van der Waals surface area contributed by atoms with Gasteiger partial charge in [-0.15, -0.1) is 10.2 Å². The van der Waals surface area contributed by atoms with Crippen LogP contribution in [0.2, 0.25) is 0 Å². The van der Waals surface area contributed by atoms with Crippen molar-refractivity contribution in [1.82, 2.24) is 15.2 Å². The minimum atomic E-state index is 0.520. The van der Waals surface area contributed by atoms with Gasteiger partial charge >= 0.3 is 0 Å². The van der Waals surface area contributed by atoms with Gasteiger partial charge in [0.25, 0.3) is 0 Å². The standard InChI is InChI=1S/C14H19N5/c15-9-10-19(11-5-1-2-6-11)14-16-12-7-3-4-8-13(12)17-18-14/h3-4,7-8,11H,1-2,5-6,9-10,15H2. The van der Waals surface area contributed by atoms with Crippen molar-refractivity contribution in [3.05, 3.63) is 24.3 Å². The summed E-state index contributed by atoms with van der Waals surface area (Å²) >= 11 is 0. The van der Waals surface area contributed by atoms with Crippen LogP contribution in [0.1, 0.15) is 25.7 Å². The lowest BCUT2D eigenvalue weighted by Crippen LogP contribution is -2.38. The molecule has 0 atom stereocenters. The van der Waals surface area contributed by atoms with Crippen LogP contribution in [0, 0.1) is 0 Å². The molecule has 0 unspecified atom stereocenters. The highest BCUT2D eigenvalue weighted by Gasteiger charge is 2.24. The summed E-state index contributed by atoms with van der Waals surface area (Å²) in [6.45, 7) is 1.41. The second kappa shape index (κ2) is 5.48. The first-order valence-electron chi connectivity index (χ1n) is 6.94. The first-order chi connectivity index (χ1) is 9.38. The number of anilines is 1. The zero-order valence-corrected chi connectivity index (χ0v) is 11.0. The van der Waals surface area contributed by atoms with Gasteiger partial charge in [0, 0.05) is 19.1 Å². The Morgan fingerprint density at radius 3 is 2.58 bits per heavy atom. The zero-order valence-electron chi connectivity index (χ0n) is 11.0. The van der Waals surface area contributed by atoms with Crippen LogP contribution in [-0.4, -0.2) is 34.3 Å². The van der Waals surface area contributed by atoms with Crippen LogP contribution < -0.4 is 10.6 Å². The molecule has 19 heavy (non-hydrogen) atoms. The molecule has 0 spiro atoms. The first kappa shape index (κ1) is 12.3. The number of benzene rings is 1. The highest BCUT2D eigenvalue weighted by Crippen LogP contribution is 2.26. The van der Waals surface area contributed by atoms with Gasteiger partial charge in [0.15, 0.2) is 0 Å². The summed E-state index contributed by atoms with van der Waals surface area (Å²) in [7, 11) is 0. The molecular weight excluding hydrogens is 238 g/mol. The lowest BCUT2D eigenvalue weighted by Gasteiger charge is -2.28. The Kier molecular flexibility index (Phi) is 3.55. The third-order valence-electron chi connectivity index (χ3n) is 3.74. The van der Waals surface area contributed by atoms with Crippen molar-refractivity contribution >= 4 is 17.0 Å². The van der Waals surface area contributed by atoms with E-state index in [1.807, 2.05) is 24.3 Å². The van der Waals surface area contributed by atoms with E-state index < -0.39 is 0 Å². The van der Waals surface area contributed by atoms with E-state index in [1.165, 1.54) is 25.7 Å². The summed E-state index contributed by atoms with van der Waals surface area (Å²) in [5.74, 6) is 0.719. The molecule has 1 aliphatic rings. The highest BCUT2D eigenvalue weighted by atomic mass is 15.3. The van der Waals surface area contributed by atoms with Crippen LogP contribution in [-0.2, 0) is 0 Å². The molecule has 0 aliphatic heterocycles. The fourth-order valence-electron chi connectivity index (χ4n) is 2.79. The molecular formula is C14H19N5. The summed E-state index contributed by atoms with van der Waals surface area (Å²) in [5, 5.41) is 8.54. The molecule has 0 radical (unpaired) electrons. The largest absolute Gasteiger partial charge is 0.335 e. The van der Waals surface area contributed by atoms with Gasteiger partial charge in [0.1, 0.15) is 5.52 Å². The van der Waals surface area contributed by atoms with Crippen LogP contribution in [0.15, 0.2) is 24.3 Å². The Labute approximate surface area is 112 Å². The fourth-order valence-corrected chi connectivity index (χ4v) is 2.79. The van der Waals surface area contributed by atoms with E-state index in [4.69, 9.17) is 5.73 Å². The molecule has 1 heterocycles. The molecule has 100 valence electrons. The summed E-state index contributed by atoms with van der Waals surface area (Å²) in [6.07, 6.45) is 4.98. The van der Waals surface area contributed by atoms with Crippen molar-refractivity contribution in [2.45, 2.75) is 31.7 Å². The van der Waals surface area contributed by atoms with Gasteiger partial charge in [0.2, 0.25) is 5.95 Å². The van der Waals surface area contributed by atoms with Crippen molar-refractivity contribution in [2.75, 3.05) is 18.0 Å². The van der Waals surface area contributed by atoms with E-state index >= 15 is 0 Å². The van der Waals surface area contributed by atoms with Gasteiger partial charge in [0.05, 0.1) is 5.52 Å². The van der Waals surface area contributed by atoms with E-state index in [9.17, 15) is 0 Å². The smallest absolute Gasteiger partial charge is 0.246 e. The van der Waals surface area contributed by atoms with Crippen molar-refractivity contribution in [3.63, 3.8) is 0 Å². The molecule has 0 amide bonds. The molecule has 1 aromatic carbocycles. The van der Waals surface area contributed by atoms with Gasteiger partial charge < -0.3 is 10.6 Å². The number of nitrogens with two attached hydrogens (primary N) is 1. The van der Waals surface area contributed by atoms with Crippen molar-refractivity contribution < 1.29 is 0 Å². The molecule has 3 rings (SSSR count). The van der Waals surface area contributed by atoms with Gasteiger partial charge in [-0.25, -0.2) is 4.98 Å². The number of aromatic nitrogens is 3. The molecule has 0 saturated heterocycles. The maximum Gasteiger partial charge on any atom is 0.246 e. The van der Waals surface area contributed by atoms with Gasteiger partial charge in [-0.1, -0.05) is 25.0 Å². The number of hydrogen-bond donors (Lipinski definition) is 1. The average Bonchev–Trinajstić information content (AvgIpc) is 2.98. The number of nitrogens with zero attached hydrogens (tertiary/aromatic N) is 4. The van der Waals surface area contributed by atoms with E-state index in [0.29, 0.717) is 12.6 Å². The minimum absolute atomic E-state index is 0.520. The predicted octanol–water partition coefficient (Wildman–Crippen LogP) is 1.73. The van der Waals surface area contributed by atoms with E-state index in [0.717, 1.165) is 23.5 Å². The van der Waals surface area contributed by atoms with Gasteiger partial charge in [-0.05, 0) is 25.0 Å². The minimum Gasteiger partial charge on any atom is -0.335 e. The van der Waals surface area contributed by atoms with Crippen LogP contribution in [0.5, 0.6) is 0 Å². The predicted molar refractivity (Wildman–Crippen MR) is 76.0 cm³/mol. The second-order valence-corrected chi connectivity index (χ2v) is 5.02. The Balaban J connectivity index is 1.94. The fraction of sp³-hybridized carbons (Fsp3) is 0.500. The molecule has 5 nitrogen and oxygen atoms in total. The van der Waals surface area contributed by atoms with Crippen LogP contribution in [0.25, 0.3) is 11.0 Å². The van der Waals surface area contributed by atoms with Crippen molar-refractivity contribution in [2.24, 2.45) is 5.73 Å². The van der Waals surface area contributed by atoms with Crippen LogP contribution >= 0.6 is 0 Å². The Bertz CT molecular complexity index is 550. The van der Waals surface area contributed by atoms with Crippen LogP contribution in [0.4, 0.5) is 5.95 Å². The summed E-state index contributed by atoms with van der Waals surface area (Å²) in [5.41, 5.74) is 7.46. The normalized spacial score (nSPS) is 16.1. The van der Waals surface area contributed by atoms with E-state index in [-0.39, 0.29) is 0 Å². The molecule has 1 aromatic heterocycles. The molecule has 1 aliphatic carbocycles. The highest BCUT2D eigenvalue weighted by molar-refractivity contribution is 5.74. The first-order valence-corrected chi connectivity index (χ1v) is 6.94. The molecule has 1 fully saturated rings. The van der Waals surface area contributed by atoms with E-state index in [2.05, 4.69) is 20.1 Å². The van der Waals surface area contributed by atoms with Crippen molar-refractivity contribution in [1.29, 1.82) is 0 Å². The summed E-state index contributed by atoms with van der Waals surface area (Å²) < 4.78 is 0. The SMILES string of the molecule is NCCN(c1nnc2ccccc2n1)C1CCCC1. The quantitative estimate of drug-likeness (QED) is 0.903. The number of rotatable bonds is 4. The monoisotopic (exact) mass is 257 g/mol. The topological polar surface area (TPSA) is 67.9 Å². The zero-order chi connectivity index (χ0) is 13.1. The van der Waals surface area contributed by atoms with Crippen LogP contribution in [0.3, 0.4) is 0 Å². The molecule has 1 saturated carbocycles. The Hall–Kier alpha value is -1.75. The molecule has 2 N–H and O–H groups in total. The van der Waals surface area contributed by atoms with Gasteiger partial charge in [-0.3, -0.25) is 0 Å². The second-order valence-electron chi connectivity index (χ2n) is 5.02. The Morgan fingerprint density at radius 1 is 1.11 bits per heavy atom. The van der Waals surface area contributed by atoms with E-state index in [1.54, 1.807) is 0 Å². The molecule has 2 aromatic rings. The van der Waals surface area contributed by atoms with Gasteiger partial charge in [-0.2, -0.15) is 0 Å². The van der Waals surface area contributed by atoms with Crippen molar-refractivity contribution in [3.8, 4) is 0 Å². The summed E-state index contributed by atoms with van der Waals surface area (Å²) in [6, 6.07) is 8.35. The number of fused-ring (bicyclic) bond motifs is 1. The summed E-state index contributed by atoms with van der Waals surface area (Å²) in [4.78, 5) is 6.86.